The Hall–Kier alpha value is -3.58. The van der Waals surface area contributed by atoms with E-state index in [0.717, 1.165) is 5.56 Å². The molecule has 3 aromatic rings. The Balaban J connectivity index is 1.69. The second kappa shape index (κ2) is 11.9. The fourth-order valence-corrected chi connectivity index (χ4v) is 3.09. The SMILES string of the molecule is CCOc1ccc(C(=O)N/N=C/c2cc(Cl)ccc2OCc2ccc(F)cc2)cc1OCC. The lowest BCUT2D eigenvalue weighted by atomic mass is 10.2. The minimum absolute atomic E-state index is 0.238. The predicted molar refractivity (Wildman–Crippen MR) is 126 cm³/mol. The number of amides is 1. The van der Waals surface area contributed by atoms with Crippen molar-refractivity contribution in [2.24, 2.45) is 5.10 Å². The molecule has 0 aliphatic carbocycles. The summed E-state index contributed by atoms with van der Waals surface area (Å²) in [6.45, 7) is 4.90. The summed E-state index contributed by atoms with van der Waals surface area (Å²) in [7, 11) is 0. The van der Waals surface area contributed by atoms with E-state index in [9.17, 15) is 9.18 Å². The van der Waals surface area contributed by atoms with E-state index in [2.05, 4.69) is 10.5 Å². The average molecular weight is 471 g/mol. The molecule has 0 aromatic heterocycles. The number of hydrazone groups is 1. The monoisotopic (exact) mass is 470 g/mol. The molecule has 0 atom stereocenters. The number of carbonyl (C=O) groups is 1. The van der Waals surface area contributed by atoms with Crippen molar-refractivity contribution in [3.8, 4) is 17.2 Å². The van der Waals surface area contributed by atoms with Crippen LogP contribution in [0.3, 0.4) is 0 Å². The molecule has 0 unspecified atom stereocenters. The van der Waals surface area contributed by atoms with E-state index >= 15 is 0 Å². The van der Waals surface area contributed by atoms with Crippen molar-refractivity contribution < 1.29 is 23.4 Å². The maximum atomic E-state index is 13.1. The van der Waals surface area contributed by atoms with Gasteiger partial charge in [-0.05, 0) is 67.9 Å². The molecular formula is C25H24ClFN2O4. The van der Waals surface area contributed by atoms with Gasteiger partial charge < -0.3 is 14.2 Å². The van der Waals surface area contributed by atoms with Crippen LogP contribution in [0.2, 0.25) is 5.02 Å². The zero-order valence-corrected chi connectivity index (χ0v) is 19.1. The number of benzene rings is 3. The highest BCUT2D eigenvalue weighted by Gasteiger charge is 2.11. The average Bonchev–Trinajstić information content (AvgIpc) is 2.81. The summed E-state index contributed by atoms with van der Waals surface area (Å²) in [5.74, 6) is 0.853. The van der Waals surface area contributed by atoms with Crippen LogP contribution in [-0.4, -0.2) is 25.3 Å². The van der Waals surface area contributed by atoms with Crippen LogP contribution in [0.4, 0.5) is 4.39 Å². The zero-order chi connectivity index (χ0) is 23.6. The highest BCUT2D eigenvalue weighted by Crippen LogP contribution is 2.28. The summed E-state index contributed by atoms with van der Waals surface area (Å²) in [4.78, 5) is 12.5. The summed E-state index contributed by atoms with van der Waals surface area (Å²) in [6.07, 6.45) is 1.45. The van der Waals surface area contributed by atoms with Crippen LogP contribution in [0.25, 0.3) is 0 Å². The van der Waals surface area contributed by atoms with Crippen molar-refractivity contribution in [3.05, 3.63) is 88.2 Å². The van der Waals surface area contributed by atoms with Crippen molar-refractivity contribution in [2.45, 2.75) is 20.5 Å². The molecule has 0 aliphatic rings. The van der Waals surface area contributed by atoms with Crippen molar-refractivity contribution in [1.82, 2.24) is 5.43 Å². The highest BCUT2D eigenvalue weighted by atomic mass is 35.5. The van der Waals surface area contributed by atoms with Gasteiger partial charge in [0.05, 0.1) is 19.4 Å². The Morgan fingerprint density at radius 3 is 2.36 bits per heavy atom. The zero-order valence-electron chi connectivity index (χ0n) is 18.3. The molecule has 3 aromatic carbocycles. The maximum Gasteiger partial charge on any atom is 0.271 e. The van der Waals surface area contributed by atoms with E-state index in [1.165, 1.54) is 18.3 Å². The summed E-state index contributed by atoms with van der Waals surface area (Å²) in [5.41, 5.74) is 4.25. The summed E-state index contributed by atoms with van der Waals surface area (Å²) in [5, 5.41) is 4.53. The summed E-state index contributed by atoms with van der Waals surface area (Å²) >= 11 is 6.10. The van der Waals surface area contributed by atoms with Crippen LogP contribution in [0.5, 0.6) is 17.2 Å². The number of ether oxygens (including phenoxy) is 3. The number of nitrogens with one attached hydrogen (secondary N) is 1. The van der Waals surface area contributed by atoms with Gasteiger partial charge in [-0.25, -0.2) is 9.82 Å². The van der Waals surface area contributed by atoms with Crippen LogP contribution in [0.15, 0.2) is 65.8 Å². The van der Waals surface area contributed by atoms with Gasteiger partial charge in [0, 0.05) is 16.1 Å². The first-order valence-corrected chi connectivity index (χ1v) is 10.8. The van der Waals surface area contributed by atoms with Crippen LogP contribution in [-0.2, 0) is 6.61 Å². The Morgan fingerprint density at radius 1 is 0.939 bits per heavy atom. The number of nitrogens with zero attached hydrogens (tertiary/aromatic N) is 1. The van der Waals surface area contributed by atoms with Crippen LogP contribution in [0, 0.1) is 5.82 Å². The number of hydrogen-bond donors (Lipinski definition) is 1. The van der Waals surface area contributed by atoms with E-state index < -0.39 is 5.91 Å². The normalized spacial score (nSPS) is 10.8. The molecule has 0 fully saturated rings. The lowest BCUT2D eigenvalue weighted by Crippen LogP contribution is -2.18. The first kappa shape index (κ1) is 24.1. The van der Waals surface area contributed by atoms with Gasteiger partial charge in [0.1, 0.15) is 18.2 Å². The second-order valence-corrected chi connectivity index (χ2v) is 7.26. The first-order chi connectivity index (χ1) is 16.0. The van der Waals surface area contributed by atoms with Crippen molar-refractivity contribution in [2.75, 3.05) is 13.2 Å². The van der Waals surface area contributed by atoms with Crippen molar-refractivity contribution in [3.63, 3.8) is 0 Å². The first-order valence-electron chi connectivity index (χ1n) is 10.4. The van der Waals surface area contributed by atoms with Crippen molar-refractivity contribution in [1.29, 1.82) is 0 Å². The molecule has 1 N–H and O–H groups in total. The molecule has 1 amide bonds. The second-order valence-electron chi connectivity index (χ2n) is 6.82. The van der Waals surface area contributed by atoms with E-state index in [4.69, 9.17) is 25.8 Å². The molecule has 3 rings (SSSR count). The van der Waals surface area contributed by atoms with Crippen LogP contribution < -0.4 is 19.6 Å². The van der Waals surface area contributed by atoms with E-state index in [1.54, 1.807) is 48.5 Å². The lowest BCUT2D eigenvalue weighted by molar-refractivity contribution is 0.0954. The van der Waals surface area contributed by atoms with Gasteiger partial charge in [-0.3, -0.25) is 4.79 Å². The van der Waals surface area contributed by atoms with Gasteiger partial charge in [0.15, 0.2) is 11.5 Å². The van der Waals surface area contributed by atoms with E-state index in [0.29, 0.717) is 46.6 Å². The fourth-order valence-electron chi connectivity index (χ4n) is 2.91. The Labute approximate surface area is 196 Å². The number of carbonyl (C=O) groups excluding carboxylic acids is 1. The smallest absolute Gasteiger partial charge is 0.271 e. The third-order valence-electron chi connectivity index (χ3n) is 4.45. The van der Waals surface area contributed by atoms with Gasteiger partial charge in [0.25, 0.3) is 5.91 Å². The molecule has 8 heteroatoms. The maximum absolute atomic E-state index is 13.1. The number of hydrogen-bond acceptors (Lipinski definition) is 5. The Morgan fingerprint density at radius 2 is 1.64 bits per heavy atom. The minimum atomic E-state index is -0.411. The third-order valence-corrected chi connectivity index (χ3v) is 4.69. The number of halogens is 2. The Bertz CT molecular complexity index is 1120. The minimum Gasteiger partial charge on any atom is -0.490 e. The molecule has 0 bridgehead atoms. The molecule has 0 aliphatic heterocycles. The summed E-state index contributed by atoms with van der Waals surface area (Å²) in [6, 6.07) is 16.0. The van der Waals surface area contributed by atoms with Gasteiger partial charge in [-0.15, -0.1) is 0 Å². The standard InChI is InChI=1S/C25H24ClFN2O4/c1-3-31-23-11-7-18(14-24(23)32-4-2)25(30)29-28-15-19-13-20(26)8-12-22(19)33-16-17-5-9-21(27)10-6-17/h5-15H,3-4,16H2,1-2H3,(H,29,30)/b28-15+. The largest absolute Gasteiger partial charge is 0.490 e. The van der Waals surface area contributed by atoms with E-state index in [-0.39, 0.29) is 12.4 Å². The Kier molecular flexibility index (Phi) is 8.66. The molecule has 0 spiro atoms. The molecule has 0 saturated carbocycles. The predicted octanol–water partition coefficient (Wildman–Crippen LogP) is 5.62. The van der Waals surface area contributed by atoms with Gasteiger partial charge in [0.2, 0.25) is 0 Å². The van der Waals surface area contributed by atoms with Gasteiger partial charge >= 0.3 is 0 Å². The molecule has 33 heavy (non-hydrogen) atoms. The highest BCUT2D eigenvalue weighted by molar-refractivity contribution is 6.30. The molecule has 172 valence electrons. The molecule has 0 radical (unpaired) electrons. The van der Waals surface area contributed by atoms with E-state index in [1.807, 2.05) is 13.8 Å². The quantitative estimate of drug-likeness (QED) is 0.308. The van der Waals surface area contributed by atoms with Crippen LogP contribution >= 0.6 is 11.6 Å². The summed E-state index contributed by atoms with van der Waals surface area (Å²) < 4.78 is 30.0. The van der Waals surface area contributed by atoms with Crippen molar-refractivity contribution >= 4 is 23.7 Å². The molecule has 0 heterocycles. The van der Waals surface area contributed by atoms with Crippen LogP contribution in [0.1, 0.15) is 35.3 Å². The molecule has 0 saturated heterocycles. The van der Waals surface area contributed by atoms with Gasteiger partial charge in [-0.2, -0.15) is 5.10 Å². The third kappa shape index (κ3) is 6.95. The fraction of sp³-hybridized carbons (Fsp3) is 0.200. The van der Waals surface area contributed by atoms with Gasteiger partial charge in [-0.1, -0.05) is 23.7 Å². The lowest BCUT2D eigenvalue weighted by Gasteiger charge is -2.12. The molecular weight excluding hydrogens is 447 g/mol. The molecule has 6 nitrogen and oxygen atoms in total. The topological polar surface area (TPSA) is 69.2 Å². The number of rotatable bonds is 10.